The van der Waals surface area contributed by atoms with Gasteiger partial charge < -0.3 is 5.73 Å². The van der Waals surface area contributed by atoms with Crippen molar-refractivity contribution in [3.8, 4) is 11.3 Å². The second-order valence-electron chi connectivity index (χ2n) is 5.43. The van der Waals surface area contributed by atoms with Crippen molar-refractivity contribution in [3.05, 3.63) is 40.2 Å². The van der Waals surface area contributed by atoms with Crippen LogP contribution in [-0.4, -0.2) is 9.78 Å². The maximum absolute atomic E-state index is 13.5. The van der Waals surface area contributed by atoms with E-state index in [4.69, 9.17) is 5.73 Å². The lowest BCUT2D eigenvalue weighted by atomic mass is 10.0. The molecule has 0 aliphatic rings. The molecule has 0 amide bonds. The fraction of sp³-hybridized carbons (Fsp3) is 0.357. The molecule has 1 heterocycles. The van der Waals surface area contributed by atoms with E-state index in [1.165, 1.54) is 12.1 Å². The summed E-state index contributed by atoms with van der Waals surface area (Å²) in [6.45, 7) is 6.53. The van der Waals surface area contributed by atoms with Gasteiger partial charge in [-0.25, -0.2) is 4.39 Å². The van der Waals surface area contributed by atoms with Crippen LogP contribution >= 0.6 is 15.9 Å². The zero-order valence-corrected chi connectivity index (χ0v) is 12.8. The summed E-state index contributed by atoms with van der Waals surface area (Å²) in [6, 6.07) is 4.63. The van der Waals surface area contributed by atoms with Crippen molar-refractivity contribution in [1.82, 2.24) is 9.78 Å². The smallest absolute Gasteiger partial charge is 0.123 e. The molecule has 0 fully saturated rings. The van der Waals surface area contributed by atoms with Gasteiger partial charge in [-0.05, 0) is 39.0 Å². The first-order valence-corrected chi connectivity index (χ1v) is 6.86. The van der Waals surface area contributed by atoms with Gasteiger partial charge in [0, 0.05) is 22.1 Å². The second-order valence-corrected chi connectivity index (χ2v) is 6.28. The Morgan fingerprint density at radius 2 is 2.05 bits per heavy atom. The summed E-state index contributed by atoms with van der Waals surface area (Å²) in [5.41, 5.74) is 8.11. The summed E-state index contributed by atoms with van der Waals surface area (Å²) >= 11 is 3.47. The van der Waals surface area contributed by atoms with Gasteiger partial charge in [0.15, 0.2) is 0 Å². The third-order valence-corrected chi connectivity index (χ3v) is 3.58. The van der Waals surface area contributed by atoms with E-state index in [2.05, 4.69) is 41.8 Å². The van der Waals surface area contributed by atoms with Gasteiger partial charge in [0.05, 0.1) is 17.4 Å². The van der Waals surface area contributed by atoms with Gasteiger partial charge in [-0.1, -0.05) is 15.9 Å². The Labute approximate surface area is 120 Å². The van der Waals surface area contributed by atoms with E-state index in [9.17, 15) is 4.39 Å². The molecule has 0 saturated carbocycles. The van der Waals surface area contributed by atoms with Gasteiger partial charge in [0.1, 0.15) is 5.82 Å². The van der Waals surface area contributed by atoms with Crippen LogP contribution < -0.4 is 5.73 Å². The predicted octanol–water partition coefficient (Wildman–Crippen LogP) is 3.67. The Hall–Kier alpha value is -1.20. The molecular weight excluding hydrogens is 309 g/mol. The summed E-state index contributed by atoms with van der Waals surface area (Å²) in [5.74, 6) is -0.275. The Balaban J connectivity index is 2.73. The largest absolute Gasteiger partial charge is 0.326 e. The second kappa shape index (κ2) is 5.06. The molecule has 0 spiro atoms. The van der Waals surface area contributed by atoms with Crippen LogP contribution in [0.1, 0.15) is 26.3 Å². The molecule has 0 atom stereocenters. The predicted molar refractivity (Wildman–Crippen MR) is 78.2 cm³/mol. The van der Waals surface area contributed by atoms with Crippen molar-refractivity contribution < 1.29 is 4.39 Å². The van der Waals surface area contributed by atoms with E-state index in [0.717, 1.165) is 21.3 Å². The molecule has 0 aliphatic heterocycles. The molecule has 0 aliphatic carbocycles. The van der Waals surface area contributed by atoms with Crippen LogP contribution in [0.3, 0.4) is 0 Å². The fourth-order valence-electron chi connectivity index (χ4n) is 2.01. The lowest BCUT2D eigenvalue weighted by Crippen LogP contribution is -2.24. The molecule has 0 radical (unpaired) electrons. The lowest BCUT2D eigenvalue weighted by molar-refractivity contribution is 0.360. The average molecular weight is 326 g/mol. The van der Waals surface area contributed by atoms with E-state index < -0.39 is 0 Å². The van der Waals surface area contributed by atoms with E-state index in [0.29, 0.717) is 6.54 Å². The molecule has 5 heteroatoms. The molecule has 2 aromatic rings. The summed E-state index contributed by atoms with van der Waals surface area (Å²) in [4.78, 5) is 0. The first-order chi connectivity index (χ1) is 8.84. The number of halogens is 2. The van der Waals surface area contributed by atoms with Crippen LogP contribution in [0.2, 0.25) is 0 Å². The number of nitrogens with two attached hydrogens (primary N) is 1. The van der Waals surface area contributed by atoms with E-state index in [-0.39, 0.29) is 11.4 Å². The van der Waals surface area contributed by atoms with Gasteiger partial charge in [-0.2, -0.15) is 5.10 Å². The number of rotatable bonds is 2. The number of benzene rings is 1. The zero-order valence-electron chi connectivity index (χ0n) is 11.2. The molecule has 0 unspecified atom stereocenters. The minimum absolute atomic E-state index is 0.200. The van der Waals surface area contributed by atoms with Crippen molar-refractivity contribution >= 4 is 15.9 Å². The molecule has 3 nitrogen and oxygen atoms in total. The molecule has 19 heavy (non-hydrogen) atoms. The maximum atomic E-state index is 13.5. The van der Waals surface area contributed by atoms with E-state index in [1.54, 1.807) is 12.3 Å². The molecule has 0 bridgehead atoms. The standard InChI is InChI=1S/C14H17BrFN3/c1-14(2,3)19-13(9(7-17)8-18-19)11-6-10(16)4-5-12(11)15/h4-6,8H,7,17H2,1-3H3. The van der Waals surface area contributed by atoms with Crippen molar-refractivity contribution in [1.29, 1.82) is 0 Å². The van der Waals surface area contributed by atoms with Crippen LogP contribution in [0, 0.1) is 5.82 Å². The van der Waals surface area contributed by atoms with Crippen molar-refractivity contribution in [2.24, 2.45) is 5.73 Å². The average Bonchev–Trinajstić information content (AvgIpc) is 2.75. The summed E-state index contributed by atoms with van der Waals surface area (Å²) in [5, 5.41) is 4.40. The van der Waals surface area contributed by atoms with Gasteiger partial charge >= 0.3 is 0 Å². The number of nitrogens with zero attached hydrogens (tertiary/aromatic N) is 2. The number of aromatic nitrogens is 2. The van der Waals surface area contributed by atoms with Gasteiger partial charge in [-0.15, -0.1) is 0 Å². The first kappa shape index (κ1) is 14.2. The van der Waals surface area contributed by atoms with Crippen LogP contribution in [0.15, 0.2) is 28.9 Å². The maximum Gasteiger partial charge on any atom is 0.123 e. The molecular formula is C14H17BrFN3. The van der Waals surface area contributed by atoms with Crippen molar-refractivity contribution in [3.63, 3.8) is 0 Å². The highest BCUT2D eigenvalue weighted by Gasteiger charge is 2.23. The number of hydrogen-bond acceptors (Lipinski definition) is 2. The Morgan fingerprint density at radius 3 is 2.63 bits per heavy atom. The molecule has 2 N–H and O–H groups in total. The van der Waals surface area contributed by atoms with E-state index >= 15 is 0 Å². The van der Waals surface area contributed by atoms with Crippen LogP contribution in [0.5, 0.6) is 0 Å². The van der Waals surface area contributed by atoms with E-state index in [1.807, 2.05) is 4.68 Å². The normalized spacial score (nSPS) is 11.9. The highest BCUT2D eigenvalue weighted by molar-refractivity contribution is 9.10. The Morgan fingerprint density at radius 1 is 1.37 bits per heavy atom. The number of hydrogen-bond donors (Lipinski definition) is 1. The minimum atomic E-state index is -0.275. The molecule has 1 aromatic heterocycles. The summed E-state index contributed by atoms with van der Waals surface area (Å²) in [6.07, 6.45) is 1.75. The van der Waals surface area contributed by atoms with Crippen LogP contribution in [0.25, 0.3) is 11.3 Å². The van der Waals surface area contributed by atoms with Crippen molar-refractivity contribution in [2.45, 2.75) is 32.9 Å². The fourth-order valence-corrected chi connectivity index (χ4v) is 2.44. The highest BCUT2D eigenvalue weighted by Crippen LogP contribution is 2.34. The SMILES string of the molecule is CC(C)(C)n1ncc(CN)c1-c1cc(F)ccc1Br. The lowest BCUT2D eigenvalue weighted by Gasteiger charge is -2.23. The zero-order chi connectivity index (χ0) is 14.2. The van der Waals surface area contributed by atoms with Gasteiger partial charge in [0.2, 0.25) is 0 Å². The third-order valence-electron chi connectivity index (χ3n) is 2.88. The first-order valence-electron chi connectivity index (χ1n) is 6.07. The Bertz CT molecular complexity index is 599. The monoisotopic (exact) mass is 325 g/mol. The van der Waals surface area contributed by atoms with Gasteiger partial charge in [-0.3, -0.25) is 4.68 Å². The molecule has 0 saturated heterocycles. The van der Waals surface area contributed by atoms with Crippen molar-refractivity contribution in [2.75, 3.05) is 0 Å². The summed E-state index contributed by atoms with van der Waals surface area (Å²) in [7, 11) is 0. The highest BCUT2D eigenvalue weighted by atomic mass is 79.9. The van der Waals surface area contributed by atoms with Crippen LogP contribution in [0.4, 0.5) is 4.39 Å². The Kier molecular flexibility index (Phi) is 3.78. The molecule has 1 aromatic carbocycles. The van der Waals surface area contributed by atoms with Crippen LogP contribution in [-0.2, 0) is 12.1 Å². The minimum Gasteiger partial charge on any atom is -0.326 e. The molecule has 2 rings (SSSR count). The third kappa shape index (κ3) is 2.72. The topological polar surface area (TPSA) is 43.8 Å². The quantitative estimate of drug-likeness (QED) is 0.915. The molecule has 102 valence electrons. The summed E-state index contributed by atoms with van der Waals surface area (Å²) < 4.78 is 16.2. The van der Waals surface area contributed by atoms with Gasteiger partial charge in [0.25, 0.3) is 0 Å².